The van der Waals surface area contributed by atoms with Gasteiger partial charge in [0.2, 0.25) is 0 Å². The van der Waals surface area contributed by atoms with E-state index in [0.29, 0.717) is 6.04 Å². The fraction of sp³-hybridized carbons (Fsp3) is 0.944. The highest BCUT2D eigenvalue weighted by atomic mass is 15.2. The summed E-state index contributed by atoms with van der Waals surface area (Å²) in [5, 5.41) is 7.15. The molecule has 2 N–H and O–H groups in total. The molecular formula is C18H38N4. The highest BCUT2D eigenvalue weighted by Crippen LogP contribution is 2.12. The topological polar surface area (TPSA) is 39.7 Å². The molecule has 0 spiro atoms. The largest absolute Gasteiger partial charge is 0.356 e. The summed E-state index contributed by atoms with van der Waals surface area (Å²) in [5.74, 6) is 1.76. The standard InChI is InChI=1S/C18H38N4/c1-5-8-9-16(7-3)15-20-18(19-4)21-17-10-13-22(12-6-2)14-11-17/h16-17H,5-15H2,1-4H3,(H2,19,20,21). The second kappa shape index (κ2) is 11.8. The zero-order valence-corrected chi connectivity index (χ0v) is 15.3. The monoisotopic (exact) mass is 310 g/mol. The van der Waals surface area contributed by atoms with E-state index in [2.05, 4.69) is 41.3 Å². The highest BCUT2D eigenvalue weighted by molar-refractivity contribution is 5.79. The van der Waals surface area contributed by atoms with Gasteiger partial charge in [-0.3, -0.25) is 4.99 Å². The summed E-state index contributed by atoms with van der Waals surface area (Å²) in [7, 11) is 1.88. The summed E-state index contributed by atoms with van der Waals surface area (Å²) in [4.78, 5) is 6.98. The molecule has 1 saturated heterocycles. The highest BCUT2D eigenvalue weighted by Gasteiger charge is 2.19. The Hall–Kier alpha value is -0.770. The first-order chi connectivity index (χ1) is 10.7. The van der Waals surface area contributed by atoms with Gasteiger partial charge in [-0.2, -0.15) is 0 Å². The molecule has 1 heterocycles. The molecular weight excluding hydrogens is 272 g/mol. The van der Waals surface area contributed by atoms with Crippen molar-refractivity contribution in [1.29, 1.82) is 0 Å². The molecule has 0 aromatic rings. The quantitative estimate of drug-likeness (QED) is 0.507. The zero-order chi connectivity index (χ0) is 16.2. The summed E-state index contributed by atoms with van der Waals surface area (Å²) in [5.41, 5.74) is 0. The first-order valence-electron chi connectivity index (χ1n) is 9.42. The third-order valence-corrected chi connectivity index (χ3v) is 4.79. The Kier molecular flexibility index (Phi) is 10.3. The lowest BCUT2D eigenvalue weighted by atomic mass is 9.99. The van der Waals surface area contributed by atoms with Gasteiger partial charge in [0, 0.05) is 32.7 Å². The molecule has 0 aliphatic carbocycles. The van der Waals surface area contributed by atoms with Gasteiger partial charge >= 0.3 is 0 Å². The van der Waals surface area contributed by atoms with Crippen LogP contribution in [0.1, 0.15) is 65.7 Å². The molecule has 1 atom stereocenters. The fourth-order valence-electron chi connectivity index (χ4n) is 3.19. The van der Waals surface area contributed by atoms with E-state index in [1.54, 1.807) is 0 Å². The molecule has 22 heavy (non-hydrogen) atoms. The summed E-state index contributed by atoms with van der Waals surface area (Å²) >= 11 is 0. The molecule has 1 aliphatic rings. The van der Waals surface area contributed by atoms with Gasteiger partial charge in [0.1, 0.15) is 0 Å². The Balaban J connectivity index is 2.27. The number of aliphatic imine (C=N–C) groups is 1. The number of rotatable bonds is 9. The third-order valence-electron chi connectivity index (χ3n) is 4.79. The number of nitrogens with one attached hydrogen (secondary N) is 2. The van der Waals surface area contributed by atoms with Gasteiger partial charge in [-0.05, 0) is 38.1 Å². The minimum Gasteiger partial charge on any atom is -0.356 e. The first kappa shape index (κ1) is 19.3. The zero-order valence-electron chi connectivity index (χ0n) is 15.3. The minimum absolute atomic E-state index is 0.579. The average Bonchev–Trinajstić information content (AvgIpc) is 2.55. The normalized spacial score (nSPS) is 19.2. The summed E-state index contributed by atoms with van der Waals surface area (Å²) in [6, 6.07) is 0.579. The van der Waals surface area contributed by atoms with E-state index in [-0.39, 0.29) is 0 Å². The van der Waals surface area contributed by atoms with Crippen LogP contribution in [0.2, 0.25) is 0 Å². The van der Waals surface area contributed by atoms with Crippen molar-refractivity contribution in [2.24, 2.45) is 10.9 Å². The Bertz CT molecular complexity index is 295. The van der Waals surface area contributed by atoms with Crippen LogP contribution in [-0.2, 0) is 0 Å². The predicted molar refractivity (Wildman–Crippen MR) is 97.6 cm³/mol. The maximum Gasteiger partial charge on any atom is 0.191 e. The van der Waals surface area contributed by atoms with E-state index < -0.39 is 0 Å². The van der Waals surface area contributed by atoms with Crippen LogP contribution in [0.25, 0.3) is 0 Å². The first-order valence-corrected chi connectivity index (χ1v) is 9.42. The van der Waals surface area contributed by atoms with E-state index in [0.717, 1.165) is 18.4 Å². The van der Waals surface area contributed by atoms with Crippen LogP contribution in [0.4, 0.5) is 0 Å². The summed E-state index contributed by atoms with van der Waals surface area (Å²) < 4.78 is 0. The van der Waals surface area contributed by atoms with Crippen LogP contribution in [-0.4, -0.2) is 50.1 Å². The van der Waals surface area contributed by atoms with Crippen molar-refractivity contribution in [2.75, 3.05) is 33.2 Å². The maximum atomic E-state index is 4.40. The molecule has 130 valence electrons. The fourth-order valence-corrected chi connectivity index (χ4v) is 3.19. The summed E-state index contributed by atoms with van der Waals surface area (Å²) in [6.07, 6.45) is 8.92. The number of likely N-dealkylation sites (tertiary alicyclic amines) is 1. The third kappa shape index (κ3) is 7.48. The molecule has 1 aliphatic heterocycles. The van der Waals surface area contributed by atoms with Crippen LogP contribution in [0, 0.1) is 5.92 Å². The molecule has 0 bridgehead atoms. The van der Waals surface area contributed by atoms with E-state index in [4.69, 9.17) is 0 Å². The van der Waals surface area contributed by atoms with Crippen molar-refractivity contribution >= 4 is 5.96 Å². The molecule has 0 saturated carbocycles. The second-order valence-electron chi connectivity index (χ2n) is 6.63. The van der Waals surface area contributed by atoms with Crippen molar-refractivity contribution in [3.05, 3.63) is 0 Å². The van der Waals surface area contributed by atoms with E-state index in [1.165, 1.54) is 64.6 Å². The number of piperidine rings is 1. The molecule has 1 unspecified atom stereocenters. The van der Waals surface area contributed by atoms with Crippen molar-refractivity contribution in [3.8, 4) is 0 Å². The molecule has 0 radical (unpaired) electrons. The van der Waals surface area contributed by atoms with E-state index >= 15 is 0 Å². The number of guanidine groups is 1. The number of nitrogens with zero attached hydrogens (tertiary/aromatic N) is 2. The van der Waals surface area contributed by atoms with Crippen LogP contribution in [0.5, 0.6) is 0 Å². The van der Waals surface area contributed by atoms with Gasteiger partial charge in [-0.1, -0.05) is 40.0 Å². The molecule has 4 nitrogen and oxygen atoms in total. The Morgan fingerprint density at radius 1 is 1.18 bits per heavy atom. The van der Waals surface area contributed by atoms with Gasteiger partial charge < -0.3 is 15.5 Å². The van der Waals surface area contributed by atoms with Crippen molar-refractivity contribution in [3.63, 3.8) is 0 Å². The van der Waals surface area contributed by atoms with Gasteiger partial charge in [0.05, 0.1) is 0 Å². The molecule has 1 fully saturated rings. The Morgan fingerprint density at radius 2 is 1.91 bits per heavy atom. The van der Waals surface area contributed by atoms with Crippen molar-refractivity contribution < 1.29 is 0 Å². The lowest BCUT2D eigenvalue weighted by Gasteiger charge is -2.33. The smallest absolute Gasteiger partial charge is 0.191 e. The van der Waals surface area contributed by atoms with Crippen molar-refractivity contribution in [2.45, 2.75) is 71.8 Å². The molecule has 0 aromatic carbocycles. The van der Waals surface area contributed by atoms with E-state index in [1.807, 2.05) is 7.05 Å². The van der Waals surface area contributed by atoms with Crippen LogP contribution in [0.3, 0.4) is 0 Å². The predicted octanol–water partition coefficient (Wildman–Crippen LogP) is 3.24. The Morgan fingerprint density at radius 3 is 2.45 bits per heavy atom. The lowest BCUT2D eigenvalue weighted by molar-refractivity contribution is 0.206. The molecule has 1 rings (SSSR count). The van der Waals surface area contributed by atoms with Crippen LogP contribution < -0.4 is 10.6 Å². The number of hydrogen-bond donors (Lipinski definition) is 2. The number of unbranched alkanes of at least 4 members (excludes halogenated alkanes) is 1. The van der Waals surface area contributed by atoms with Gasteiger partial charge in [-0.25, -0.2) is 0 Å². The van der Waals surface area contributed by atoms with Crippen LogP contribution in [0.15, 0.2) is 4.99 Å². The lowest BCUT2D eigenvalue weighted by Crippen LogP contribution is -2.49. The summed E-state index contributed by atoms with van der Waals surface area (Å²) in [6.45, 7) is 11.6. The minimum atomic E-state index is 0.579. The van der Waals surface area contributed by atoms with E-state index in [9.17, 15) is 0 Å². The molecule has 0 amide bonds. The van der Waals surface area contributed by atoms with Crippen molar-refractivity contribution in [1.82, 2.24) is 15.5 Å². The maximum absolute atomic E-state index is 4.40. The Labute approximate surface area is 138 Å². The number of hydrogen-bond acceptors (Lipinski definition) is 2. The average molecular weight is 311 g/mol. The second-order valence-corrected chi connectivity index (χ2v) is 6.63. The molecule has 0 aromatic heterocycles. The molecule has 4 heteroatoms. The van der Waals surface area contributed by atoms with Crippen LogP contribution >= 0.6 is 0 Å². The van der Waals surface area contributed by atoms with Gasteiger partial charge in [0.25, 0.3) is 0 Å². The van der Waals surface area contributed by atoms with Gasteiger partial charge in [-0.15, -0.1) is 0 Å². The van der Waals surface area contributed by atoms with Gasteiger partial charge in [0.15, 0.2) is 5.96 Å². The SMILES string of the molecule is CCCCC(CC)CNC(=NC)NC1CCN(CCC)CC1.